The van der Waals surface area contributed by atoms with Crippen LogP contribution < -0.4 is 0 Å². The standard InChI is InChI=1S/C13H15N3S/c1-9(2)16-12-5-4-10(7-14)6-11(12)15-13(16)8-17-3/h4-6,9H,8H2,1-3H3. The van der Waals surface area contributed by atoms with Gasteiger partial charge in [-0.05, 0) is 38.3 Å². The third kappa shape index (κ3) is 2.16. The van der Waals surface area contributed by atoms with Crippen LogP contribution in [0.1, 0.15) is 31.3 Å². The van der Waals surface area contributed by atoms with E-state index in [1.165, 1.54) is 0 Å². The number of benzene rings is 1. The molecule has 2 aromatic rings. The van der Waals surface area contributed by atoms with Crippen LogP contribution in [0.2, 0.25) is 0 Å². The molecule has 0 aliphatic rings. The molecule has 17 heavy (non-hydrogen) atoms. The second-order valence-corrected chi connectivity index (χ2v) is 5.11. The molecule has 0 amide bonds. The minimum atomic E-state index is 0.384. The van der Waals surface area contributed by atoms with Crippen molar-refractivity contribution in [1.82, 2.24) is 9.55 Å². The molecular weight excluding hydrogens is 230 g/mol. The third-order valence-electron chi connectivity index (χ3n) is 2.68. The molecule has 3 nitrogen and oxygen atoms in total. The summed E-state index contributed by atoms with van der Waals surface area (Å²) in [6.45, 7) is 4.31. The van der Waals surface area contributed by atoms with E-state index in [4.69, 9.17) is 5.26 Å². The first-order valence-corrected chi connectivity index (χ1v) is 6.96. The van der Waals surface area contributed by atoms with Crippen molar-refractivity contribution in [2.45, 2.75) is 25.6 Å². The van der Waals surface area contributed by atoms with Crippen molar-refractivity contribution >= 4 is 22.8 Å². The van der Waals surface area contributed by atoms with Crippen molar-refractivity contribution in [3.05, 3.63) is 29.6 Å². The van der Waals surface area contributed by atoms with E-state index < -0.39 is 0 Å². The molecule has 0 atom stereocenters. The van der Waals surface area contributed by atoms with Crippen molar-refractivity contribution in [1.29, 1.82) is 5.26 Å². The summed E-state index contributed by atoms with van der Waals surface area (Å²) >= 11 is 1.76. The van der Waals surface area contributed by atoms with Gasteiger partial charge in [-0.15, -0.1) is 0 Å². The summed E-state index contributed by atoms with van der Waals surface area (Å²) in [4.78, 5) is 4.62. The largest absolute Gasteiger partial charge is 0.325 e. The molecule has 0 aliphatic carbocycles. The fourth-order valence-corrected chi connectivity index (χ4v) is 2.49. The van der Waals surface area contributed by atoms with E-state index in [0.717, 1.165) is 22.6 Å². The zero-order valence-electron chi connectivity index (χ0n) is 10.3. The van der Waals surface area contributed by atoms with Gasteiger partial charge < -0.3 is 4.57 Å². The number of imidazole rings is 1. The Kier molecular flexibility index (Phi) is 3.39. The van der Waals surface area contributed by atoms with Crippen LogP contribution in [-0.2, 0) is 5.75 Å². The van der Waals surface area contributed by atoms with Crippen molar-refractivity contribution in [3.63, 3.8) is 0 Å². The number of aromatic nitrogens is 2. The Morgan fingerprint density at radius 3 is 2.82 bits per heavy atom. The van der Waals surface area contributed by atoms with E-state index in [2.05, 4.69) is 35.7 Å². The Hall–Kier alpha value is -1.47. The van der Waals surface area contributed by atoms with Gasteiger partial charge in [-0.3, -0.25) is 0 Å². The fraction of sp³-hybridized carbons (Fsp3) is 0.385. The molecule has 0 N–H and O–H groups in total. The van der Waals surface area contributed by atoms with E-state index in [1.54, 1.807) is 11.8 Å². The van der Waals surface area contributed by atoms with Crippen LogP contribution in [0.25, 0.3) is 11.0 Å². The first kappa shape index (κ1) is 12.0. The van der Waals surface area contributed by atoms with Crippen LogP contribution in [0.3, 0.4) is 0 Å². The molecule has 4 heteroatoms. The van der Waals surface area contributed by atoms with Gasteiger partial charge in [-0.25, -0.2) is 4.98 Å². The summed E-state index contributed by atoms with van der Waals surface area (Å²) in [6, 6.07) is 8.24. The summed E-state index contributed by atoms with van der Waals surface area (Å²) in [5.41, 5.74) is 2.70. The fourth-order valence-electron chi connectivity index (χ4n) is 2.03. The molecule has 1 heterocycles. The highest BCUT2D eigenvalue weighted by atomic mass is 32.2. The number of hydrogen-bond acceptors (Lipinski definition) is 3. The number of thioether (sulfide) groups is 1. The predicted octanol–water partition coefficient (Wildman–Crippen LogP) is 3.35. The summed E-state index contributed by atoms with van der Waals surface area (Å²) in [6.07, 6.45) is 2.07. The molecule has 1 aromatic carbocycles. The summed E-state index contributed by atoms with van der Waals surface area (Å²) in [5, 5.41) is 8.90. The zero-order chi connectivity index (χ0) is 12.4. The first-order valence-electron chi connectivity index (χ1n) is 5.57. The normalized spacial score (nSPS) is 11.0. The maximum Gasteiger partial charge on any atom is 0.120 e. The lowest BCUT2D eigenvalue weighted by molar-refractivity contribution is 0.598. The van der Waals surface area contributed by atoms with Gasteiger partial charge in [-0.1, -0.05) is 0 Å². The Balaban J connectivity index is 2.66. The van der Waals surface area contributed by atoms with E-state index in [1.807, 2.05) is 18.2 Å². The smallest absolute Gasteiger partial charge is 0.120 e. The van der Waals surface area contributed by atoms with Gasteiger partial charge in [0.1, 0.15) is 5.82 Å². The van der Waals surface area contributed by atoms with Crippen LogP contribution >= 0.6 is 11.8 Å². The average molecular weight is 245 g/mol. The summed E-state index contributed by atoms with van der Waals surface area (Å²) in [7, 11) is 0. The molecule has 0 fully saturated rings. The van der Waals surface area contributed by atoms with Gasteiger partial charge in [0.05, 0.1) is 28.4 Å². The van der Waals surface area contributed by atoms with Crippen LogP contribution in [-0.4, -0.2) is 15.8 Å². The van der Waals surface area contributed by atoms with Crippen LogP contribution in [0.5, 0.6) is 0 Å². The van der Waals surface area contributed by atoms with Gasteiger partial charge in [0.25, 0.3) is 0 Å². The quantitative estimate of drug-likeness (QED) is 0.832. The number of hydrogen-bond donors (Lipinski definition) is 0. The van der Waals surface area contributed by atoms with Crippen molar-refractivity contribution in [2.24, 2.45) is 0 Å². The lowest BCUT2D eigenvalue weighted by Gasteiger charge is -2.12. The van der Waals surface area contributed by atoms with E-state index in [0.29, 0.717) is 11.6 Å². The lowest BCUT2D eigenvalue weighted by Crippen LogP contribution is -2.05. The Morgan fingerprint density at radius 2 is 2.24 bits per heavy atom. The molecule has 1 aromatic heterocycles. The SMILES string of the molecule is CSCc1nc2cc(C#N)ccc2n1C(C)C. The van der Waals surface area contributed by atoms with Crippen LogP contribution in [0.4, 0.5) is 0 Å². The Labute approximate surface area is 105 Å². The first-order chi connectivity index (χ1) is 8.17. The Morgan fingerprint density at radius 1 is 1.47 bits per heavy atom. The van der Waals surface area contributed by atoms with Crippen LogP contribution in [0.15, 0.2) is 18.2 Å². The Bertz CT molecular complexity index is 578. The molecule has 0 aliphatic heterocycles. The molecule has 0 radical (unpaired) electrons. The molecule has 88 valence electrons. The maximum absolute atomic E-state index is 8.90. The average Bonchev–Trinajstić information content (AvgIpc) is 2.66. The molecule has 0 spiro atoms. The predicted molar refractivity (Wildman–Crippen MR) is 72.1 cm³/mol. The number of nitrogens with zero attached hydrogens (tertiary/aromatic N) is 3. The number of fused-ring (bicyclic) bond motifs is 1. The number of nitriles is 1. The maximum atomic E-state index is 8.90. The second-order valence-electron chi connectivity index (χ2n) is 4.24. The lowest BCUT2D eigenvalue weighted by atomic mass is 10.2. The highest BCUT2D eigenvalue weighted by Gasteiger charge is 2.12. The van der Waals surface area contributed by atoms with Gasteiger partial charge in [0.2, 0.25) is 0 Å². The van der Waals surface area contributed by atoms with Crippen molar-refractivity contribution in [3.8, 4) is 6.07 Å². The number of rotatable bonds is 3. The summed E-state index contributed by atoms with van der Waals surface area (Å²) in [5.74, 6) is 1.98. The van der Waals surface area contributed by atoms with Gasteiger partial charge in [0.15, 0.2) is 0 Å². The zero-order valence-corrected chi connectivity index (χ0v) is 11.1. The van der Waals surface area contributed by atoms with Gasteiger partial charge in [-0.2, -0.15) is 17.0 Å². The minimum Gasteiger partial charge on any atom is -0.325 e. The molecule has 2 rings (SSSR count). The third-order valence-corrected chi connectivity index (χ3v) is 3.23. The minimum absolute atomic E-state index is 0.384. The second kappa shape index (κ2) is 4.80. The van der Waals surface area contributed by atoms with E-state index in [-0.39, 0.29) is 0 Å². The van der Waals surface area contributed by atoms with E-state index in [9.17, 15) is 0 Å². The molecule has 0 bridgehead atoms. The summed E-state index contributed by atoms with van der Waals surface area (Å²) < 4.78 is 2.24. The molecular formula is C13H15N3S. The van der Waals surface area contributed by atoms with Crippen LogP contribution in [0, 0.1) is 11.3 Å². The highest BCUT2D eigenvalue weighted by Crippen LogP contribution is 2.24. The molecule has 0 unspecified atom stereocenters. The molecule has 0 saturated carbocycles. The van der Waals surface area contributed by atoms with E-state index >= 15 is 0 Å². The molecule has 0 saturated heterocycles. The van der Waals surface area contributed by atoms with Crippen molar-refractivity contribution < 1.29 is 0 Å². The van der Waals surface area contributed by atoms with Gasteiger partial charge in [0, 0.05) is 6.04 Å². The van der Waals surface area contributed by atoms with Gasteiger partial charge >= 0.3 is 0 Å². The van der Waals surface area contributed by atoms with Crippen molar-refractivity contribution in [2.75, 3.05) is 6.26 Å². The monoisotopic (exact) mass is 245 g/mol. The topological polar surface area (TPSA) is 41.6 Å². The highest BCUT2D eigenvalue weighted by molar-refractivity contribution is 7.97.